The number of hydrogen-bond donors (Lipinski definition) is 1. The highest BCUT2D eigenvalue weighted by molar-refractivity contribution is 5.92. The molecule has 0 spiro atoms. The highest BCUT2D eigenvalue weighted by Gasteiger charge is 2.11. The van der Waals surface area contributed by atoms with Gasteiger partial charge in [0.25, 0.3) is 0 Å². The summed E-state index contributed by atoms with van der Waals surface area (Å²) in [5, 5.41) is 2.90. The second kappa shape index (κ2) is 6.94. The molecule has 0 heterocycles. The number of carbonyl (C=O) groups excluding carboxylic acids is 1. The minimum atomic E-state index is 0.0616. The summed E-state index contributed by atoms with van der Waals surface area (Å²) in [6.45, 7) is 6.63. The molecule has 0 saturated heterocycles. The van der Waals surface area contributed by atoms with Crippen LogP contribution in [0.1, 0.15) is 33.6 Å². The van der Waals surface area contributed by atoms with Gasteiger partial charge in [0.1, 0.15) is 5.75 Å². The van der Waals surface area contributed by atoms with Crippen LogP contribution in [0.2, 0.25) is 0 Å². The van der Waals surface area contributed by atoms with Crippen LogP contribution in [0.25, 0.3) is 0 Å². The molecule has 1 N–H and O–H groups in total. The van der Waals surface area contributed by atoms with Gasteiger partial charge in [-0.2, -0.15) is 0 Å². The third kappa shape index (κ3) is 4.47. The zero-order chi connectivity index (χ0) is 12.7. The third-order valence-corrected chi connectivity index (χ3v) is 2.60. The molecular formula is C14H21NO2. The second-order valence-electron chi connectivity index (χ2n) is 4.14. The van der Waals surface area contributed by atoms with E-state index >= 15 is 0 Å². The normalized spacial score (nSPS) is 11.9. The summed E-state index contributed by atoms with van der Waals surface area (Å²) in [5.74, 6) is 0.967. The molecule has 0 aliphatic heterocycles. The zero-order valence-electron chi connectivity index (χ0n) is 10.8. The Balaban J connectivity index is 2.53. The summed E-state index contributed by atoms with van der Waals surface area (Å²) in [6, 6.07) is 7.45. The van der Waals surface area contributed by atoms with E-state index in [0.717, 1.165) is 24.3 Å². The Hall–Kier alpha value is -1.51. The molecule has 0 radical (unpaired) electrons. The van der Waals surface area contributed by atoms with Crippen molar-refractivity contribution < 1.29 is 9.53 Å². The average molecular weight is 235 g/mol. The van der Waals surface area contributed by atoms with Gasteiger partial charge in [-0.05, 0) is 37.6 Å². The van der Waals surface area contributed by atoms with Crippen LogP contribution in [0.4, 0.5) is 5.69 Å². The average Bonchev–Trinajstić information content (AvgIpc) is 2.32. The monoisotopic (exact) mass is 235 g/mol. The van der Waals surface area contributed by atoms with Gasteiger partial charge in [-0.1, -0.05) is 20.3 Å². The Labute approximate surface area is 103 Å². The number of amides is 1. The Kier molecular flexibility index (Phi) is 5.53. The van der Waals surface area contributed by atoms with Crippen molar-refractivity contribution in [3.8, 4) is 5.75 Å². The maximum atomic E-state index is 11.8. The first-order valence-corrected chi connectivity index (χ1v) is 6.21. The molecule has 1 aromatic rings. The summed E-state index contributed by atoms with van der Waals surface area (Å²) in [6.07, 6.45) is 1.95. The Morgan fingerprint density at radius 1 is 1.29 bits per heavy atom. The van der Waals surface area contributed by atoms with E-state index in [2.05, 4.69) is 12.2 Å². The van der Waals surface area contributed by atoms with Crippen molar-refractivity contribution in [2.45, 2.75) is 33.6 Å². The quantitative estimate of drug-likeness (QED) is 0.820. The van der Waals surface area contributed by atoms with Crippen molar-refractivity contribution in [2.24, 2.45) is 5.92 Å². The predicted molar refractivity (Wildman–Crippen MR) is 70.3 cm³/mol. The molecule has 1 amide bonds. The number of anilines is 1. The van der Waals surface area contributed by atoms with E-state index in [0.29, 0.717) is 6.61 Å². The van der Waals surface area contributed by atoms with Crippen molar-refractivity contribution in [1.82, 2.24) is 0 Å². The SMILES string of the molecule is CCC[C@H](C)C(=O)Nc1ccc(OCC)cc1. The lowest BCUT2D eigenvalue weighted by Crippen LogP contribution is -2.20. The van der Waals surface area contributed by atoms with Crippen LogP contribution in [0, 0.1) is 5.92 Å². The first-order chi connectivity index (χ1) is 8.17. The highest BCUT2D eigenvalue weighted by Crippen LogP contribution is 2.17. The standard InChI is InChI=1S/C14H21NO2/c1-4-6-11(3)14(16)15-12-7-9-13(10-8-12)17-5-2/h7-11H,4-6H2,1-3H3,(H,15,16)/t11-/m0/s1. The van der Waals surface area contributed by atoms with Crippen molar-refractivity contribution >= 4 is 11.6 Å². The minimum absolute atomic E-state index is 0.0616. The fourth-order valence-corrected chi connectivity index (χ4v) is 1.63. The molecule has 1 atom stereocenters. The second-order valence-corrected chi connectivity index (χ2v) is 4.14. The molecule has 0 aromatic heterocycles. The molecule has 0 saturated carbocycles. The van der Waals surface area contributed by atoms with Gasteiger partial charge in [0.2, 0.25) is 5.91 Å². The van der Waals surface area contributed by atoms with Crippen molar-refractivity contribution in [3.05, 3.63) is 24.3 Å². The van der Waals surface area contributed by atoms with Gasteiger partial charge in [0.15, 0.2) is 0 Å². The summed E-state index contributed by atoms with van der Waals surface area (Å²) < 4.78 is 5.34. The topological polar surface area (TPSA) is 38.3 Å². The third-order valence-electron chi connectivity index (χ3n) is 2.60. The smallest absolute Gasteiger partial charge is 0.227 e. The van der Waals surface area contributed by atoms with Gasteiger partial charge < -0.3 is 10.1 Å². The van der Waals surface area contributed by atoms with Crippen LogP contribution in [-0.2, 0) is 4.79 Å². The van der Waals surface area contributed by atoms with Gasteiger partial charge >= 0.3 is 0 Å². The van der Waals surface area contributed by atoms with Gasteiger partial charge in [-0.3, -0.25) is 4.79 Å². The van der Waals surface area contributed by atoms with E-state index in [1.807, 2.05) is 38.1 Å². The van der Waals surface area contributed by atoms with Crippen LogP contribution >= 0.6 is 0 Å². The van der Waals surface area contributed by atoms with Crippen LogP contribution < -0.4 is 10.1 Å². The molecule has 0 aliphatic carbocycles. The molecule has 3 nitrogen and oxygen atoms in total. The van der Waals surface area contributed by atoms with Crippen molar-refractivity contribution in [2.75, 3.05) is 11.9 Å². The largest absolute Gasteiger partial charge is 0.494 e. The maximum Gasteiger partial charge on any atom is 0.227 e. The van der Waals surface area contributed by atoms with E-state index < -0.39 is 0 Å². The summed E-state index contributed by atoms with van der Waals surface area (Å²) >= 11 is 0. The minimum Gasteiger partial charge on any atom is -0.494 e. The van der Waals surface area contributed by atoms with Crippen LogP contribution in [0.15, 0.2) is 24.3 Å². The first-order valence-electron chi connectivity index (χ1n) is 6.21. The maximum absolute atomic E-state index is 11.8. The number of nitrogens with one attached hydrogen (secondary N) is 1. The molecule has 1 rings (SSSR count). The lowest BCUT2D eigenvalue weighted by Gasteiger charge is -2.11. The molecule has 0 unspecified atom stereocenters. The molecule has 1 aromatic carbocycles. The van der Waals surface area contributed by atoms with Crippen molar-refractivity contribution in [1.29, 1.82) is 0 Å². The number of rotatable bonds is 6. The Morgan fingerprint density at radius 3 is 2.47 bits per heavy atom. The van der Waals surface area contributed by atoms with Gasteiger partial charge in [-0.25, -0.2) is 0 Å². The summed E-state index contributed by atoms with van der Waals surface area (Å²) in [4.78, 5) is 11.8. The Morgan fingerprint density at radius 2 is 1.94 bits per heavy atom. The van der Waals surface area contributed by atoms with Crippen LogP contribution in [0.3, 0.4) is 0 Å². The van der Waals surface area contributed by atoms with Gasteiger partial charge in [0.05, 0.1) is 6.61 Å². The van der Waals surface area contributed by atoms with Gasteiger partial charge in [0, 0.05) is 11.6 Å². The number of benzene rings is 1. The lowest BCUT2D eigenvalue weighted by atomic mass is 10.1. The zero-order valence-corrected chi connectivity index (χ0v) is 10.8. The number of carbonyl (C=O) groups is 1. The summed E-state index contributed by atoms with van der Waals surface area (Å²) in [5.41, 5.74) is 0.821. The number of hydrogen-bond acceptors (Lipinski definition) is 2. The van der Waals surface area contributed by atoms with Gasteiger partial charge in [-0.15, -0.1) is 0 Å². The fourth-order valence-electron chi connectivity index (χ4n) is 1.63. The molecular weight excluding hydrogens is 214 g/mol. The van der Waals surface area contributed by atoms with E-state index in [1.165, 1.54) is 0 Å². The van der Waals surface area contributed by atoms with E-state index in [9.17, 15) is 4.79 Å². The Bertz CT molecular complexity index is 346. The van der Waals surface area contributed by atoms with E-state index in [-0.39, 0.29) is 11.8 Å². The fraction of sp³-hybridized carbons (Fsp3) is 0.500. The molecule has 0 fully saturated rings. The lowest BCUT2D eigenvalue weighted by molar-refractivity contribution is -0.119. The number of ether oxygens (including phenoxy) is 1. The molecule has 94 valence electrons. The molecule has 17 heavy (non-hydrogen) atoms. The molecule has 3 heteroatoms. The predicted octanol–water partition coefficient (Wildman–Crippen LogP) is 3.46. The molecule has 0 aliphatic rings. The summed E-state index contributed by atoms with van der Waals surface area (Å²) in [7, 11) is 0. The van der Waals surface area contributed by atoms with E-state index in [4.69, 9.17) is 4.74 Å². The highest BCUT2D eigenvalue weighted by atomic mass is 16.5. The van der Waals surface area contributed by atoms with Crippen LogP contribution in [-0.4, -0.2) is 12.5 Å². The van der Waals surface area contributed by atoms with E-state index in [1.54, 1.807) is 0 Å². The van der Waals surface area contributed by atoms with Crippen LogP contribution in [0.5, 0.6) is 5.75 Å². The molecule has 0 bridgehead atoms. The van der Waals surface area contributed by atoms with Crippen molar-refractivity contribution in [3.63, 3.8) is 0 Å². The first kappa shape index (κ1) is 13.6.